The normalized spacial score (nSPS) is 28.0. The van der Waals surface area contributed by atoms with Crippen LogP contribution in [-0.4, -0.2) is 19.0 Å². The molecular formula is C19H23NO3. The van der Waals surface area contributed by atoms with E-state index in [4.69, 9.17) is 4.74 Å². The first-order chi connectivity index (χ1) is 10.9. The van der Waals surface area contributed by atoms with Gasteiger partial charge in [0.15, 0.2) is 0 Å². The smallest absolute Gasteiger partial charge is 0.310 e. The van der Waals surface area contributed by atoms with Crippen LogP contribution in [0.2, 0.25) is 0 Å². The Morgan fingerprint density at radius 3 is 2.17 bits per heavy atom. The second kappa shape index (κ2) is 5.84. The highest BCUT2D eigenvalue weighted by atomic mass is 16.5. The number of carbonyl (C=O) groups excluding carboxylic acids is 2. The van der Waals surface area contributed by atoms with Gasteiger partial charge < -0.3 is 10.1 Å². The number of amides is 1. The van der Waals surface area contributed by atoms with Crippen LogP contribution in [0, 0.1) is 44.4 Å². The standard InChI is InChI=1S/C19H23NO3/c1-10-7-11(2)17(12(3)8-10)20-18(21)15-13-5-6-14(9-13)16(15)19(22)23-4/h5-8,13-16H,9H2,1-4H3,(H,20,21)/t13-,14+,15-,16+/m1/s1. The lowest BCUT2D eigenvalue weighted by Gasteiger charge is -2.26. The van der Waals surface area contributed by atoms with Gasteiger partial charge >= 0.3 is 5.97 Å². The molecule has 1 saturated carbocycles. The molecule has 3 rings (SSSR count). The third-order valence-corrected chi connectivity index (χ3v) is 5.16. The Balaban J connectivity index is 1.86. The fraction of sp³-hybridized carbons (Fsp3) is 0.474. The number of nitrogens with one attached hydrogen (secondary N) is 1. The van der Waals surface area contributed by atoms with Crippen molar-refractivity contribution >= 4 is 17.6 Å². The molecule has 0 saturated heterocycles. The molecule has 0 spiro atoms. The second-order valence-electron chi connectivity index (χ2n) is 6.79. The minimum Gasteiger partial charge on any atom is -0.469 e. The summed E-state index contributed by atoms with van der Waals surface area (Å²) >= 11 is 0. The zero-order chi connectivity index (χ0) is 16.7. The minimum absolute atomic E-state index is 0.0766. The van der Waals surface area contributed by atoms with E-state index in [2.05, 4.69) is 29.6 Å². The average Bonchev–Trinajstić information content (AvgIpc) is 3.10. The highest BCUT2D eigenvalue weighted by Gasteiger charge is 2.52. The van der Waals surface area contributed by atoms with Crippen molar-refractivity contribution in [3.63, 3.8) is 0 Å². The molecule has 1 aromatic carbocycles. The molecule has 1 amide bonds. The number of methoxy groups -OCH3 is 1. The number of anilines is 1. The number of rotatable bonds is 3. The summed E-state index contributed by atoms with van der Waals surface area (Å²) < 4.78 is 4.93. The Morgan fingerprint density at radius 2 is 1.61 bits per heavy atom. The van der Waals surface area contributed by atoms with Crippen LogP contribution < -0.4 is 5.32 Å². The van der Waals surface area contributed by atoms with Crippen molar-refractivity contribution in [3.05, 3.63) is 41.0 Å². The zero-order valence-electron chi connectivity index (χ0n) is 14.1. The van der Waals surface area contributed by atoms with E-state index in [9.17, 15) is 9.59 Å². The highest BCUT2D eigenvalue weighted by Crippen LogP contribution is 2.49. The fourth-order valence-electron chi connectivity index (χ4n) is 4.22. The van der Waals surface area contributed by atoms with Crippen molar-refractivity contribution in [2.24, 2.45) is 23.7 Å². The lowest BCUT2D eigenvalue weighted by molar-refractivity contribution is -0.150. The number of esters is 1. The molecule has 0 heterocycles. The predicted molar refractivity (Wildman–Crippen MR) is 89.0 cm³/mol. The number of carbonyl (C=O) groups is 2. The summed E-state index contributed by atoms with van der Waals surface area (Å²) in [6.45, 7) is 6.03. The van der Waals surface area contributed by atoms with Crippen LogP contribution in [0.15, 0.2) is 24.3 Å². The van der Waals surface area contributed by atoms with E-state index in [1.165, 1.54) is 12.7 Å². The molecule has 0 unspecified atom stereocenters. The molecule has 2 aliphatic rings. The highest BCUT2D eigenvalue weighted by molar-refractivity contribution is 5.97. The van der Waals surface area contributed by atoms with Gasteiger partial charge in [0.05, 0.1) is 18.9 Å². The monoisotopic (exact) mass is 313 g/mol. The number of hydrogen-bond donors (Lipinski definition) is 1. The Bertz CT molecular complexity index is 669. The van der Waals surface area contributed by atoms with E-state index >= 15 is 0 Å². The summed E-state index contributed by atoms with van der Waals surface area (Å²) in [6.07, 6.45) is 4.99. The van der Waals surface area contributed by atoms with E-state index in [1.807, 2.05) is 20.8 Å². The maximum atomic E-state index is 12.9. The van der Waals surface area contributed by atoms with Gasteiger partial charge in [-0.1, -0.05) is 29.8 Å². The van der Waals surface area contributed by atoms with Crippen LogP contribution in [0.25, 0.3) is 0 Å². The van der Waals surface area contributed by atoms with E-state index < -0.39 is 0 Å². The van der Waals surface area contributed by atoms with E-state index in [-0.39, 0.29) is 35.5 Å². The van der Waals surface area contributed by atoms with Crippen LogP contribution in [-0.2, 0) is 14.3 Å². The first-order valence-electron chi connectivity index (χ1n) is 8.07. The summed E-state index contributed by atoms with van der Waals surface area (Å²) in [6, 6.07) is 4.11. The number of benzene rings is 1. The van der Waals surface area contributed by atoms with Crippen molar-refractivity contribution in [3.8, 4) is 0 Å². The molecule has 4 heteroatoms. The molecule has 2 aliphatic carbocycles. The molecule has 0 aromatic heterocycles. The molecule has 0 aliphatic heterocycles. The van der Waals surface area contributed by atoms with Crippen molar-refractivity contribution in [1.82, 2.24) is 0 Å². The van der Waals surface area contributed by atoms with Crippen molar-refractivity contribution in [1.29, 1.82) is 0 Å². The summed E-state index contributed by atoms with van der Waals surface area (Å²) in [4.78, 5) is 25.0. The Labute approximate surface area is 136 Å². The summed E-state index contributed by atoms with van der Waals surface area (Å²) in [7, 11) is 1.39. The largest absolute Gasteiger partial charge is 0.469 e. The number of aryl methyl sites for hydroxylation is 3. The third kappa shape index (κ3) is 2.67. The van der Waals surface area contributed by atoms with Gasteiger partial charge in [-0.15, -0.1) is 0 Å². The maximum Gasteiger partial charge on any atom is 0.310 e. The molecule has 23 heavy (non-hydrogen) atoms. The van der Waals surface area contributed by atoms with Gasteiger partial charge in [0, 0.05) is 5.69 Å². The molecule has 4 nitrogen and oxygen atoms in total. The quantitative estimate of drug-likeness (QED) is 0.689. The number of allylic oxidation sites excluding steroid dienone is 2. The van der Waals surface area contributed by atoms with Gasteiger partial charge in [-0.05, 0) is 50.2 Å². The Kier molecular flexibility index (Phi) is 4.00. The first-order valence-corrected chi connectivity index (χ1v) is 8.07. The Morgan fingerprint density at radius 1 is 1.04 bits per heavy atom. The lowest BCUT2D eigenvalue weighted by Crippen LogP contribution is -2.37. The van der Waals surface area contributed by atoms with Crippen molar-refractivity contribution < 1.29 is 14.3 Å². The minimum atomic E-state index is -0.360. The predicted octanol–water partition coefficient (Wildman–Crippen LogP) is 3.16. The second-order valence-corrected chi connectivity index (χ2v) is 6.79. The van der Waals surface area contributed by atoms with Gasteiger partial charge in [-0.25, -0.2) is 0 Å². The molecule has 122 valence electrons. The van der Waals surface area contributed by atoms with Crippen LogP contribution in [0.4, 0.5) is 5.69 Å². The lowest BCUT2D eigenvalue weighted by atomic mass is 9.82. The topological polar surface area (TPSA) is 55.4 Å². The van der Waals surface area contributed by atoms with E-state index in [1.54, 1.807) is 0 Å². The fourth-order valence-corrected chi connectivity index (χ4v) is 4.22. The molecule has 1 N–H and O–H groups in total. The molecule has 2 bridgehead atoms. The van der Waals surface area contributed by atoms with E-state index in [0.717, 1.165) is 23.2 Å². The van der Waals surface area contributed by atoms with Gasteiger partial charge in [0.25, 0.3) is 0 Å². The maximum absolute atomic E-state index is 12.9. The van der Waals surface area contributed by atoms with E-state index in [0.29, 0.717) is 0 Å². The Hall–Kier alpha value is -2.10. The first kappa shape index (κ1) is 15.8. The SMILES string of the molecule is COC(=O)[C@@H]1[C@H](C(=O)Nc2c(C)cc(C)cc2C)[C@@H]2C=C[C@H]1C2. The average molecular weight is 313 g/mol. The molecule has 1 aromatic rings. The molecule has 4 atom stereocenters. The van der Waals surface area contributed by atoms with Crippen LogP contribution in [0.1, 0.15) is 23.1 Å². The summed E-state index contributed by atoms with van der Waals surface area (Å²) in [5.41, 5.74) is 4.12. The number of fused-ring (bicyclic) bond motifs is 2. The molecule has 1 fully saturated rings. The van der Waals surface area contributed by atoms with Crippen LogP contribution >= 0.6 is 0 Å². The zero-order valence-corrected chi connectivity index (χ0v) is 14.1. The van der Waals surface area contributed by atoms with Crippen molar-refractivity contribution in [2.45, 2.75) is 27.2 Å². The van der Waals surface area contributed by atoms with Crippen LogP contribution in [0.3, 0.4) is 0 Å². The summed E-state index contributed by atoms with van der Waals surface area (Å²) in [5.74, 6) is -0.788. The third-order valence-electron chi connectivity index (χ3n) is 5.16. The van der Waals surface area contributed by atoms with Gasteiger partial charge in [-0.3, -0.25) is 9.59 Å². The van der Waals surface area contributed by atoms with Crippen LogP contribution in [0.5, 0.6) is 0 Å². The molecule has 0 radical (unpaired) electrons. The number of hydrogen-bond acceptors (Lipinski definition) is 3. The van der Waals surface area contributed by atoms with Gasteiger partial charge in [-0.2, -0.15) is 0 Å². The molecular weight excluding hydrogens is 290 g/mol. The van der Waals surface area contributed by atoms with Gasteiger partial charge in [0.2, 0.25) is 5.91 Å². The van der Waals surface area contributed by atoms with Gasteiger partial charge in [0.1, 0.15) is 0 Å². The number of ether oxygens (including phenoxy) is 1. The van der Waals surface area contributed by atoms with Crippen molar-refractivity contribution in [2.75, 3.05) is 12.4 Å². The summed E-state index contributed by atoms with van der Waals surface area (Å²) in [5, 5.41) is 3.06.